The van der Waals surface area contributed by atoms with E-state index >= 15 is 0 Å². The van der Waals surface area contributed by atoms with E-state index in [1.54, 1.807) is 12.4 Å². The standard InChI is InChI=1S/C14H12N4/c15-14-12(10-6-8-16-9-7-10)13(17-18-14)11-4-2-1-3-5-11/h1-9H,(H3,15,17,18). The number of nitrogen functional groups attached to an aromatic ring is 1. The lowest BCUT2D eigenvalue weighted by atomic mass is 10.0. The largest absolute Gasteiger partial charge is 0.382 e. The van der Waals surface area contributed by atoms with Gasteiger partial charge in [0.25, 0.3) is 0 Å². The molecule has 0 saturated carbocycles. The molecule has 3 rings (SSSR count). The van der Waals surface area contributed by atoms with Gasteiger partial charge in [-0.2, -0.15) is 5.10 Å². The zero-order chi connectivity index (χ0) is 12.4. The highest BCUT2D eigenvalue weighted by molar-refractivity contribution is 5.87. The topological polar surface area (TPSA) is 67.6 Å². The van der Waals surface area contributed by atoms with Crippen LogP contribution >= 0.6 is 0 Å². The molecule has 88 valence electrons. The number of aromatic nitrogens is 3. The number of pyridine rings is 1. The summed E-state index contributed by atoms with van der Waals surface area (Å²) in [6.07, 6.45) is 3.49. The van der Waals surface area contributed by atoms with E-state index in [9.17, 15) is 0 Å². The van der Waals surface area contributed by atoms with Gasteiger partial charge in [0, 0.05) is 18.0 Å². The van der Waals surface area contributed by atoms with E-state index in [-0.39, 0.29) is 0 Å². The highest BCUT2D eigenvalue weighted by Gasteiger charge is 2.13. The molecule has 0 aliphatic rings. The van der Waals surface area contributed by atoms with Crippen LogP contribution in [0.25, 0.3) is 22.4 Å². The average Bonchev–Trinajstić information content (AvgIpc) is 2.83. The molecule has 2 aromatic heterocycles. The van der Waals surface area contributed by atoms with Gasteiger partial charge in [0.1, 0.15) is 0 Å². The summed E-state index contributed by atoms with van der Waals surface area (Å²) in [5.74, 6) is 0.500. The molecule has 4 nitrogen and oxygen atoms in total. The molecule has 4 heteroatoms. The van der Waals surface area contributed by atoms with Gasteiger partial charge in [-0.25, -0.2) is 0 Å². The number of hydrogen-bond donors (Lipinski definition) is 2. The van der Waals surface area contributed by atoms with E-state index in [4.69, 9.17) is 5.73 Å². The fraction of sp³-hybridized carbons (Fsp3) is 0. The molecule has 0 aliphatic carbocycles. The van der Waals surface area contributed by atoms with Crippen molar-refractivity contribution in [3.05, 3.63) is 54.9 Å². The zero-order valence-corrected chi connectivity index (χ0v) is 9.67. The number of H-pyrrole nitrogens is 1. The Balaban J connectivity index is 2.19. The number of aromatic amines is 1. The normalized spacial score (nSPS) is 10.4. The van der Waals surface area contributed by atoms with Crippen molar-refractivity contribution in [3.63, 3.8) is 0 Å². The van der Waals surface area contributed by atoms with E-state index < -0.39 is 0 Å². The Hall–Kier alpha value is -2.62. The van der Waals surface area contributed by atoms with Gasteiger partial charge in [-0.1, -0.05) is 30.3 Å². The van der Waals surface area contributed by atoms with E-state index in [1.165, 1.54) is 0 Å². The van der Waals surface area contributed by atoms with Crippen molar-refractivity contribution in [1.82, 2.24) is 15.2 Å². The van der Waals surface area contributed by atoms with E-state index in [0.717, 1.165) is 22.4 Å². The minimum atomic E-state index is 0.500. The Labute approximate surface area is 105 Å². The van der Waals surface area contributed by atoms with Gasteiger partial charge in [-0.3, -0.25) is 10.1 Å². The van der Waals surface area contributed by atoms with Crippen molar-refractivity contribution in [2.45, 2.75) is 0 Å². The zero-order valence-electron chi connectivity index (χ0n) is 9.67. The van der Waals surface area contributed by atoms with Gasteiger partial charge in [0.2, 0.25) is 0 Å². The minimum absolute atomic E-state index is 0.500. The molecule has 18 heavy (non-hydrogen) atoms. The number of nitrogens with one attached hydrogen (secondary N) is 1. The molecule has 1 aromatic carbocycles. The Morgan fingerprint density at radius 3 is 2.33 bits per heavy atom. The van der Waals surface area contributed by atoms with E-state index in [2.05, 4.69) is 15.2 Å². The highest BCUT2D eigenvalue weighted by Crippen LogP contribution is 2.33. The van der Waals surface area contributed by atoms with Crippen molar-refractivity contribution < 1.29 is 0 Å². The minimum Gasteiger partial charge on any atom is -0.382 e. The third-order valence-corrected chi connectivity index (χ3v) is 2.83. The quantitative estimate of drug-likeness (QED) is 0.718. The SMILES string of the molecule is Nc1n[nH]c(-c2ccccc2)c1-c1ccncc1. The van der Waals surface area contributed by atoms with Crippen LogP contribution in [0.2, 0.25) is 0 Å². The fourth-order valence-electron chi connectivity index (χ4n) is 1.98. The van der Waals surface area contributed by atoms with E-state index in [0.29, 0.717) is 5.82 Å². The first kappa shape index (κ1) is 10.5. The summed E-state index contributed by atoms with van der Waals surface area (Å²) in [4.78, 5) is 4.02. The first-order valence-corrected chi connectivity index (χ1v) is 5.66. The molecule has 2 heterocycles. The second kappa shape index (κ2) is 4.33. The number of anilines is 1. The van der Waals surface area contributed by atoms with Gasteiger partial charge in [0.05, 0.1) is 11.3 Å². The molecule has 0 fully saturated rings. The third kappa shape index (κ3) is 1.73. The Morgan fingerprint density at radius 2 is 1.61 bits per heavy atom. The summed E-state index contributed by atoms with van der Waals surface area (Å²) in [6, 6.07) is 13.9. The summed E-state index contributed by atoms with van der Waals surface area (Å²) in [5.41, 5.74) is 9.87. The Bertz CT molecular complexity index is 644. The van der Waals surface area contributed by atoms with E-state index in [1.807, 2.05) is 42.5 Å². The molecule has 0 amide bonds. The van der Waals surface area contributed by atoms with Crippen molar-refractivity contribution >= 4 is 5.82 Å². The fourth-order valence-corrected chi connectivity index (χ4v) is 1.98. The van der Waals surface area contributed by atoms with Gasteiger partial charge >= 0.3 is 0 Å². The van der Waals surface area contributed by atoms with Gasteiger partial charge < -0.3 is 5.73 Å². The first-order chi connectivity index (χ1) is 8.86. The van der Waals surface area contributed by atoms with Crippen LogP contribution in [0.4, 0.5) is 5.82 Å². The maximum Gasteiger partial charge on any atom is 0.153 e. The maximum atomic E-state index is 5.95. The molecule has 3 N–H and O–H groups in total. The van der Waals surface area contributed by atoms with Gasteiger partial charge in [0.15, 0.2) is 5.82 Å². The number of hydrogen-bond acceptors (Lipinski definition) is 3. The predicted octanol–water partition coefficient (Wildman–Crippen LogP) is 2.72. The smallest absolute Gasteiger partial charge is 0.153 e. The number of nitrogens with zero attached hydrogens (tertiary/aromatic N) is 2. The van der Waals surface area contributed by atoms with Crippen LogP contribution in [0.15, 0.2) is 54.9 Å². The number of nitrogens with two attached hydrogens (primary N) is 1. The molecule has 0 radical (unpaired) electrons. The van der Waals surface area contributed by atoms with Crippen LogP contribution in [-0.2, 0) is 0 Å². The summed E-state index contributed by atoms with van der Waals surface area (Å²) in [6.45, 7) is 0. The third-order valence-electron chi connectivity index (χ3n) is 2.83. The van der Waals surface area contributed by atoms with Gasteiger partial charge in [-0.05, 0) is 17.7 Å². The molecule has 0 atom stereocenters. The lowest BCUT2D eigenvalue weighted by Gasteiger charge is -2.04. The molecule has 0 spiro atoms. The molecule has 0 unspecified atom stereocenters. The van der Waals surface area contributed by atoms with Crippen LogP contribution in [0.5, 0.6) is 0 Å². The summed E-state index contributed by atoms with van der Waals surface area (Å²) < 4.78 is 0. The second-order valence-electron chi connectivity index (χ2n) is 3.96. The highest BCUT2D eigenvalue weighted by atomic mass is 15.2. The van der Waals surface area contributed by atoms with Gasteiger partial charge in [-0.15, -0.1) is 0 Å². The molecular formula is C14H12N4. The monoisotopic (exact) mass is 236 g/mol. The van der Waals surface area contributed by atoms with Crippen LogP contribution in [-0.4, -0.2) is 15.2 Å². The number of benzene rings is 1. The Morgan fingerprint density at radius 1 is 0.889 bits per heavy atom. The molecule has 0 saturated heterocycles. The molecular weight excluding hydrogens is 224 g/mol. The second-order valence-corrected chi connectivity index (χ2v) is 3.96. The van der Waals surface area contributed by atoms with Crippen molar-refractivity contribution in [2.24, 2.45) is 0 Å². The Kier molecular flexibility index (Phi) is 2.53. The van der Waals surface area contributed by atoms with Crippen molar-refractivity contribution in [2.75, 3.05) is 5.73 Å². The maximum absolute atomic E-state index is 5.95. The molecule has 0 bridgehead atoms. The van der Waals surface area contributed by atoms with Crippen molar-refractivity contribution in [3.8, 4) is 22.4 Å². The molecule has 3 aromatic rings. The van der Waals surface area contributed by atoms with Crippen LogP contribution in [0, 0.1) is 0 Å². The lowest BCUT2D eigenvalue weighted by Crippen LogP contribution is -1.88. The summed E-state index contributed by atoms with van der Waals surface area (Å²) in [5, 5.41) is 7.10. The predicted molar refractivity (Wildman–Crippen MR) is 71.7 cm³/mol. The van der Waals surface area contributed by atoms with Crippen molar-refractivity contribution in [1.29, 1.82) is 0 Å². The average molecular weight is 236 g/mol. The first-order valence-electron chi connectivity index (χ1n) is 5.66. The van der Waals surface area contributed by atoms with Crippen LogP contribution in [0.3, 0.4) is 0 Å². The molecule has 0 aliphatic heterocycles. The van der Waals surface area contributed by atoms with Crippen LogP contribution in [0.1, 0.15) is 0 Å². The summed E-state index contributed by atoms with van der Waals surface area (Å²) in [7, 11) is 0. The van der Waals surface area contributed by atoms with Crippen LogP contribution < -0.4 is 5.73 Å². The summed E-state index contributed by atoms with van der Waals surface area (Å²) >= 11 is 0. The number of rotatable bonds is 2. The lowest BCUT2D eigenvalue weighted by molar-refractivity contribution is 1.10.